The van der Waals surface area contributed by atoms with Gasteiger partial charge in [-0.2, -0.15) is 0 Å². The van der Waals surface area contributed by atoms with E-state index in [1.807, 2.05) is 85.7 Å². The van der Waals surface area contributed by atoms with E-state index in [9.17, 15) is 18.0 Å². The Morgan fingerprint density at radius 3 is 2.05 bits per heavy atom. The lowest BCUT2D eigenvalue weighted by Crippen LogP contribution is -2.55. The zero-order valence-electron chi connectivity index (χ0n) is 25.5. The molecule has 1 N–H and O–H groups in total. The van der Waals surface area contributed by atoms with Crippen molar-refractivity contribution >= 4 is 27.5 Å². The molecule has 0 unspecified atom stereocenters. The first-order valence-corrected chi connectivity index (χ1v) is 15.4. The first-order valence-electron chi connectivity index (χ1n) is 14.0. The second-order valence-corrected chi connectivity index (χ2v) is 13.6. The number of carbonyl (C=O) groups excluding carboxylic acids is 2. The molecule has 3 aromatic carbocycles. The molecule has 0 fully saturated rings. The summed E-state index contributed by atoms with van der Waals surface area (Å²) in [6.07, 6.45) is 0.369. The number of hydrogen-bond donors (Lipinski definition) is 1. The van der Waals surface area contributed by atoms with E-state index in [1.165, 1.54) is 4.90 Å². The van der Waals surface area contributed by atoms with E-state index in [2.05, 4.69) is 5.32 Å². The molecule has 1 atom stereocenters. The maximum absolute atomic E-state index is 14.2. The van der Waals surface area contributed by atoms with Gasteiger partial charge in [-0.25, -0.2) is 8.42 Å². The molecule has 0 spiro atoms. The summed E-state index contributed by atoms with van der Waals surface area (Å²) in [4.78, 5) is 29.3. The highest BCUT2D eigenvalue weighted by Gasteiger charge is 2.34. The number of anilines is 1. The Bertz CT molecular complexity index is 1490. The van der Waals surface area contributed by atoms with Crippen molar-refractivity contribution in [2.45, 2.75) is 84.8 Å². The Morgan fingerprint density at radius 2 is 1.49 bits per heavy atom. The molecule has 0 radical (unpaired) electrons. The van der Waals surface area contributed by atoms with Gasteiger partial charge in [0, 0.05) is 12.1 Å². The molecule has 0 bridgehead atoms. The molecule has 220 valence electrons. The zero-order valence-corrected chi connectivity index (χ0v) is 26.3. The van der Waals surface area contributed by atoms with Crippen LogP contribution in [0.4, 0.5) is 5.69 Å². The number of aryl methyl sites for hydroxylation is 4. The average Bonchev–Trinajstić information content (AvgIpc) is 2.89. The van der Waals surface area contributed by atoms with Crippen molar-refractivity contribution in [1.82, 2.24) is 10.2 Å². The van der Waals surface area contributed by atoms with Gasteiger partial charge in [0.2, 0.25) is 11.8 Å². The number of benzene rings is 3. The smallest absolute Gasteiger partial charge is 0.264 e. The molecular formula is C33H43N3O4S. The molecule has 7 nitrogen and oxygen atoms in total. The second kappa shape index (κ2) is 12.9. The van der Waals surface area contributed by atoms with Crippen LogP contribution in [0.1, 0.15) is 61.9 Å². The van der Waals surface area contributed by atoms with E-state index >= 15 is 0 Å². The summed E-state index contributed by atoms with van der Waals surface area (Å²) in [6, 6.07) is 18.8. The fourth-order valence-electron chi connectivity index (χ4n) is 4.59. The minimum Gasteiger partial charge on any atom is -0.350 e. The lowest BCUT2D eigenvalue weighted by Gasteiger charge is -2.35. The van der Waals surface area contributed by atoms with E-state index in [-0.39, 0.29) is 17.3 Å². The summed E-state index contributed by atoms with van der Waals surface area (Å²) in [6.45, 7) is 14.9. The highest BCUT2D eigenvalue weighted by Crippen LogP contribution is 2.27. The van der Waals surface area contributed by atoms with E-state index in [1.54, 1.807) is 36.4 Å². The van der Waals surface area contributed by atoms with Crippen LogP contribution in [0.15, 0.2) is 71.6 Å². The monoisotopic (exact) mass is 577 g/mol. The van der Waals surface area contributed by atoms with Gasteiger partial charge in [-0.1, -0.05) is 55.0 Å². The largest absolute Gasteiger partial charge is 0.350 e. The van der Waals surface area contributed by atoms with E-state index in [0.717, 1.165) is 32.1 Å². The molecule has 8 heteroatoms. The maximum atomic E-state index is 14.2. The van der Waals surface area contributed by atoms with Crippen molar-refractivity contribution in [3.05, 3.63) is 94.5 Å². The molecule has 0 aliphatic rings. The minimum absolute atomic E-state index is 0.0945. The molecule has 41 heavy (non-hydrogen) atoms. The molecular weight excluding hydrogens is 534 g/mol. The molecule has 0 saturated heterocycles. The van der Waals surface area contributed by atoms with Gasteiger partial charge in [0.25, 0.3) is 10.0 Å². The fourth-order valence-corrected chi connectivity index (χ4v) is 6.00. The molecule has 0 aliphatic carbocycles. The Labute approximate surface area is 245 Å². The van der Waals surface area contributed by atoms with Crippen molar-refractivity contribution in [3.8, 4) is 0 Å². The van der Waals surface area contributed by atoms with Crippen LogP contribution >= 0.6 is 0 Å². The van der Waals surface area contributed by atoms with E-state index in [0.29, 0.717) is 12.1 Å². The molecule has 0 aliphatic heterocycles. The fraction of sp³-hybridized carbons (Fsp3) is 0.394. The Balaban J connectivity index is 2.11. The minimum atomic E-state index is -4.11. The van der Waals surface area contributed by atoms with Crippen LogP contribution in [0, 0.1) is 27.7 Å². The topological polar surface area (TPSA) is 86.8 Å². The number of carbonyl (C=O) groups is 2. The molecule has 3 aromatic rings. The summed E-state index contributed by atoms with van der Waals surface area (Å²) in [5.41, 5.74) is 4.62. The van der Waals surface area contributed by atoms with Crippen LogP contribution in [0.2, 0.25) is 0 Å². The third kappa shape index (κ3) is 7.97. The zero-order chi connectivity index (χ0) is 30.5. The first kappa shape index (κ1) is 31.9. The van der Waals surface area contributed by atoms with E-state index in [4.69, 9.17) is 0 Å². The van der Waals surface area contributed by atoms with Crippen LogP contribution in [0.5, 0.6) is 0 Å². The average molecular weight is 578 g/mol. The highest BCUT2D eigenvalue weighted by molar-refractivity contribution is 7.92. The molecule has 2 amide bonds. The van der Waals surface area contributed by atoms with Gasteiger partial charge in [-0.3, -0.25) is 13.9 Å². The molecule has 0 saturated carbocycles. The number of nitrogens with one attached hydrogen (secondary N) is 1. The van der Waals surface area contributed by atoms with Gasteiger partial charge >= 0.3 is 0 Å². The van der Waals surface area contributed by atoms with Crippen LogP contribution in [-0.4, -0.2) is 43.3 Å². The SMILES string of the molecule is CC[C@H](C(=O)NC(C)(C)C)N(Cc1ccccc1C)C(=O)CN(c1ccc(C)c(C)c1)S(=O)(=O)c1ccc(C)cc1. The summed E-state index contributed by atoms with van der Waals surface area (Å²) in [5, 5.41) is 3.00. The number of hydrogen-bond acceptors (Lipinski definition) is 4. The van der Waals surface area contributed by atoms with Crippen LogP contribution < -0.4 is 9.62 Å². The van der Waals surface area contributed by atoms with Crippen molar-refractivity contribution in [3.63, 3.8) is 0 Å². The summed E-state index contributed by atoms with van der Waals surface area (Å²) >= 11 is 0. The van der Waals surface area contributed by atoms with Crippen LogP contribution in [-0.2, 0) is 26.2 Å². The van der Waals surface area contributed by atoms with Gasteiger partial charge in [0.15, 0.2) is 0 Å². The number of rotatable bonds is 10. The van der Waals surface area contributed by atoms with Crippen molar-refractivity contribution in [1.29, 1.82) is 0 Å². The predicted octanol–water partition coefficient (Wildman–Crippen LogP) is 5.84. The third-order valence-electron chi connectivity index (χ3n) is 7.15. The Hall–Kier alpha value is -3.65. The van der Waals surface area contributed by atoms with Crippen molar-refractivity contribution < 1.29 is 18.0 Å². The van der Waals surface area contributed by atoms with Gasteiger partial charge in [-0.15, -0.1) is 0 Å². The number of sulfonamides is 1. The lowest BCUT2D eigenvalue weighted by molar-refractivity contribution is -0.141. The van der Waals surface area contributed by atoms with E-state index < -0.39 is 34.1 Å². The number of nitrogens with zero attached hydrogens (tertiary/aromatic N) is 2. The lowest BCUT2D eigenvalue weighted by atomic mass is 10.0. The predicted molar refractivity (Wildman–Crippen MR) is 165 cm³/mol. The number of amides is 2. The van der Waals surface area contributed by atoms with Crippen LogP contribution in [0.25, 0.3) is 0 Å². The quantitative estimate of drug-likeness (QED) is 0.328. The second-order valence-electron chi connectivity index (χ2n) is 11.7. The summed E-state index contributed by atoms with van der Waals surface area (Å²) in [5.74, 6) is -0.737. The molecule has 3 rings (SSSR count). The molecule has 0 aromatic heterocycles. The normalized spacial score (nSPS) is 12.5. The summed E-state index contributed by atoms with van der Waals surface area (Å²) in [7, 11) is -4.11. The van der Waals surface area contributed by atoms with Crippen molar-refractivity contribution in [2.75, 3.05) is 10.8 Å². The van der Waals surface area contributed by atoms with Gasteiger partial charge < -0.3 is 10.2 Å². The van der Waals surface area contributed by atoms with Crippen LogP contribution in [0.3, 0.4) is 0 Å². The van der Waals surface area contributed by atoms with Gasteiger partial charge in [-0.05, 0) is 101 Å². The Morgan fingerprint density at radius 1 is 0.854 bits per heavy atom. The van der Waals surface area contributed by atoms with Gasteiger partial charge in [0.05, 0.1) is 10.6 Å². The first-order chi connectivity index (χ1) is 19.1. The standard InChI is InChI=1S/C33H43N3O4S/c1-9-30(32(38)34-33(6,7)8)35(21-27-13-11-10-12-25(27)4)31(37)22-36(28-17-16-24(3)26(5)20-28)41(39,40)29-18-14-23(2)15-19-29/h10-20,30H,9,21-22H2,1-8H3,(H,34,38)/t30-/m1/s1. The molecule has 0 heterocycles. The third-order valence-corrected chi connectivity index (χ3v) is 8.94. The van der Waals surface area contributed by atoms with Crippen molar-refractivity contribution in [2.24, 2.45) is 0 Å². The van der Waals surface area contributed by atoms with Gasteiger partial charge in [0.1, 0.15) is 12.6 Å². The highest BCUT2D eigenvalue weighted by atomic mass is 32.2. The summed E-state index contributed by atoms with van der Waals surface area (Å²) < 4.78 is 29.3. The maximum Gasteiger partial charge on any atom is 0.264 e. The Kier molecular flexibility index (Phi) is 10.0.